The minimum Gasteiger partial charge on any atom is -0.448 e. The average Bonchev–Trinajstić information content (AvgIpc) is 3.09. The molecular formula is C19H32N2O5. The minimum absolute atomic E-state index is 0.0440. The van der Waals surface area contributed by atoms with Gasteiger partial charge in [-0.15, -0.1) is 0 Å². The summed E-state index contributed by atoms with van der Waals surface area (Å²) < 4.78 is 16.5. The highest BCUT2D eigenvalue weighted by molar-refractivity contribution is 5.96. The zero-order chi connectivity index (χ0) is 19.4. The molecule has 0 radical (unpaired) electrons. The first-order chi connectivity index (χ1) is 12.2. The van der Waals surface area contributed by atoms with E-state index in [1.54, 1.807) is 12.3 Å². The molecular weight excluding hydrogens is 336 g/mol. The number of carbonyl (C=O) groups is 1. The summed E-state index contributed by atoms with van der Waals surface area (Å²) in [6.45, 7) is 9.27. The molecule has 1 amide bonds. The number of aliphatic hydroxyl groups is 1. The molecule has 2 N–H and O–H groups in total. The van der Waals surface area contributed by atoms with Gasteiger partial charge in [0, 0.05) is 30.9 Å². The Morgan fingerprint density at radius 3 is 2.62 bits per heavy atom. The number of nitrogens with one attached hydrogen (secondary N) is 1. The van der Waals surface area contributed by atoms with E-state index in [9.17, 15) is 4.79 Å². The summed E-state index contributed by atoms with van der Waals surface area (Å²) >= 11 is 0. The second kappa shape index (κ2) is 8.52. The van der Waals surface area contributed by atoms with Crippen molar-refractivity contribution in [3.8, 4) is 0 Å². The third-order valence-corrected chi connectivity index (χ3v) is 5.26. The van der Waals surface area contributed by atoms with Crippen LogP contribution in [0.5, 0.6) is 0 Å². The largest absolute Gasteiger partial charge is 0.448 e. The smallest absolute Gasteiger partial charge is 0.246 e. The van der Waals surface area contributed by atoms with E-state index in [1.165, 1.54) is 0 Å². The molecule has 2 rings (SSSR count). The first kappa shape index (κ1) is 20.9. The Balaban J connectivity index is 2.02. The van der Waals surface area contributed by atoms with Crippen LogP contribution in [-0.2, 0) is 19.9 Å². The molecule has 0 aromatic carbocycles. The predicted molar refractivity (Wildman–Crippen MR) is 99.1 cm³/mol. The molecule has 0 spiro atoms. The van der Waals surface area contributed by atoms with E-state index >= 15 is 0 Å². The lowest BCUT2D eigenvalue weighted by atomic mass is 9.96. The maximum absolute atomic E-state index is 12.8. The van der Waals surface area contributed by atoms with Crippen molar-refractivity contribution in [2.45, 2.75) is 57.7 Å². The fraction of sp³-hybridized carbons (Fsp3) is 0.737. The van der Waals surface area contributed by atoms with Gasteiger partial charge in [-0.3, -0.25) is 15.0 Å². The molecule has 1 fully saturated rings. The van der Waals surface area contributed by atoms with Gasteiger partial charge in [0.2, 0.25) is 5.91 Å². The molecule has 2 heterocycles. The molecule has 1 aromatic rings. The van der Waals surface area contributed by atoms with Crippen LogP contribution in [0.25, 0.3) is 0 Å². The van der Waals surface area contributed by atoms with Crippen LogP contribution in [-0.4, -0.2) is 61.0 Å². The van der Waals surface area contributed by atoms with Crippen molar-refractivity contribution in [3.05, 3.63) is 17.9 Å². The van der Waals surface area contributed by atoms with E-state index < -0.39 is 11.1 Å². The van der Waals surface area contributed by atoms with Gasteiger partial charge in [-0.1, -0.05) is 0 Å². The van der Waals surface area contributed by atoms with Gasteiger partial charge in [-0.2, -0.15) is 0 Å². The van der Waals surface area contributed by atoms with E-state index in [1.807, 2.05) is 34.7 Å². The fourth-order valence-electron chi connectivity index (χ4n) is 3.06. The van der Waals surface area contributed by atoms with Crippen LogP contribution in [0, 0.1) is 0 Å². The van der Waals surface area contributed by atoms with Crippen LogP contribution in [0.4, 0.5) is 5.88 Å². The monoisotopic (exact) mass is 368 g/mol. The van der Waals surface area contributed by atoms with Crippen LogP contribution in [0.3, 0.4) is 0 Å². The third-order valence-electron chi connectivity index (χ3n) is 5.26. The quantitative estimate of drug-likeness (QED) is 0.733. The standard InChI is InChI=1S/C19H32N2O5/c1-18(2,21(5)15-6-9-24-10-7-15)17(23)20-16-12-14(13-25-16)19(3,4)26-11-8-22/h12-13,15,22H,6-11H2,1-5H3,(H,20,23). The van der Waals surface area contributed by atoms with Crippen LogP contribution in [0.1, 0.15) is 46.1 Å². The molecule has 1 aromatic heterocycles. The number of aliphatic hydroxyl groups excluding tert-OH is 1. The highest BCUT2D eigenvalue weighted by atomic mass is 16.5. The lowest BCUT2D eigenvalue weighted by Crippen LogP contribution is -2.55. The fourth-order valence-corrected chi connectivity index (χ4v) is 3.06. The molecule has 7 nitrogen and oxygen atoms in total. The minimum atomic E-state index is -0.683. The van der Waals surface area contributed by atoms with Crippen molar-refractivity contribution >= 4 is 11.8 Å². The van der Waals surface area contributed by atoms with Gasteiger partial charge in [0.05, 0.1) is 30.6 Å². The van der Waals surface area contributed by atoms with Crippen molar-refractivity contribution in [1.29, 1.82) is 0 Å². The van der Waals surface area contributed by atoms with Crippen molar-refractivity contribution in [3.63, 3.8) is 0 Å². The summed E-state index contributed by atoms with van der Waals surface area (Å²) in [7, 11) is 1.98. The molecule has 0 atom stereocenters. The molecule has 0 saturated carbocycles. The molecule has 1 aliphatic heterocycles. The van der Waals surface area contributed by atoms with Crippen molar-refractivity contribution < 1.29 is 23.8 Å². The Hall–Kier alpha value is -1.41. The van der Waals surface area contributed by atoms with Crippen molar-refractivity contribution in [2.24, 2.45) is 0 Å². The Kier molecular flexibility index (Phi) is 6.85. The van der Waals surface area contributed by atoms with Crippen LogP contribution in [0.2, 0.25) is 0 Å². The lowest BCUT2D eigenvalue weighted by molar-refractivity contribution is -0.128. The number of rotatable bonds is 8. The van der Waals surface area contributed by atoms with Crippen LogP contribution >= 0.6 is 0 Å². The molecule has 148 valence electrons. The Morgan fingerprint density at radius 1 is 1.35 bits per heavy atom. The van der Waals surface area contributed by atoms with E-state index in [-0.39, 0.29) is 19.1 Å². The van der Waals surface area contributed by atoms with Gasteiger partial charge in [0.1, 0.15) is 0 Å². The van der Waals surface area contributed by atoms with Gasteiger partial charge >= 0.3 is 0 Å². The number of anilines is 1. The highest BCUT2D eigenvalue weighted by Gasteiger charge is 2.37. The van der Waals surface area contributed by atoms with Gasteiger partial charge < -0.3 is 19.0 Å². The summed E-state index contributed by atoms with van der Waals surface area (Å²) in [5, 5.41) is 11.8. The number of furan rings is 1. The van der Waals surface area contributed by atoms with Crippen LogP contribution < -0.4 is 5.32 Å². The molecule has 1 aliphatic rings. The number of hydrogen-bond acceptors (Lipinski definition) is 6. The van der Waals surface area contributed by atoms with E-state index in [0.717, 1.165) is 31.6 Å². The molecule has 0 unspecified atom stereocenters. The zero-order valence-corrected chi connectivity index (χ0v) is 16.5. The number of nitrogens with zero attached hydrogens (tertiary/aromatic N) is 1. The summed E-state index contributed by atoms with van der Waals surface area (Å²) in [5.74, 6) is 0.264. The first-order valence-electron chi connectivity index (χ1n) is 9.14. The summed E-state index contributed by atoms with van der Waals surface area (Å²) in [4.78, 5) is 15.0. The average molecular weight is 368 g/mol. The number of carbonyl (C=O) groups excluding carboxylic acids is 1. The lowest BCUT2D eigenvalue weighted by Gasteiger charge is -2.41. The van der Waals surface area contributed by atoms with E-state index in [2.05, 4.69) is 10.2 Å². The van der Waals surface area contributed by atoms with Gasteiger partial charge in [0.25, 0.3) is 0 Å². The van der Waals surface area contributed by atoms with Gasteiger partial charge in [-0.25, -0.2) is 0 Å². The van der Waals surface area contributed by atoms with Gasteiger partial charge in [0.15, 0.2) is 5.88 Å². The second-order valence-corrected chi connectivity index (χ2v) is 7.75. The number of likely N-dealkylation sites (N-methyl/N-ethyl adjacent to an activating group) is 1. The summed E-state index contributed by atoms with van der Waals surface area (Å²) in [6.07, 6.45) is 3.42. The Morgan fingerprint density at radius 2 is 2.00 bits per heavy atom. The topological polar surface area (TPSA) is 84.2 Å². The number of ether oxygens (including phenoxy) is 2. The molecule has 0 bridgehead atoms. The first-order valence-corrected chi connectivity index (χ1v) is 9.14. The maximum Gasteiger partial charge on any atom is 0.246 e. The maximum atomic E-state index is 12.8. The molecule has 26 heavy (non-hydrogen) atoms. The zero-order valence-electron chi connectivity index (χ0n) is 16.5. The predicted octanol–water partition coefficient (Wildman–Crippen LogP) is 2.35. The highest BCUT2D eigenvalue weighted by Crippen LogP contribution is 2.29. The molecule has 0 aliphatic carbocycles. The Bertz CT molecular complexity index is 591. The summed E-state index contributed by atoms with van der Waals surface area (Å²) in [6, 6.07) is 2.09. The van der Waals surface area contributed by atoms with E-state index in [4.69, 9.17) is 19.0 Å². The normalized spacial score (nSPS) is 16.9. The molecule has 7 heteroatoms. The number of amides is 1. The Labute approximate surface area is 155 Å². The molecule has 1 saturated heterocycles. The van der Waals surface area contributed by atoms with Gasteiger partial charge in [-0.05, 0) is 47.6 Å². The van der Waals surface area contributed by atoms with E-state index in [0.29, 0.717) is 11.9 Å². The summed E-state index contributed by atoms with van der Waals surface area (Å²) in [5.41, 5.74) is -0.488. The number of hydrogen-bond donors (Lipinski definition) is 2. The third kappa shape index (κ3) is 4.85. The van der Waals surface area contributed by atoms with Crippen molar-refractivity contribution in [2.75, 3.05) is 38.8 Å². The van der Waals surface area contributed by atoms with Crippen molar-refractivity contribution in [1.82, 2.24) is 4.90 Å². The SMILES string of the molecule is CN(C1CCOCC1)C(C)(C)C(=O)Nc1cc(C(C)(C)OCCO)co1. The second-order valence-electron chi connectivity index (χ2n) is 7.75. The van der Waals surface area contributed by atoms with Crippen LogP contribution in [0.15, 0.2) is 16.7 Å².